The molecule has 1 saturated carbocycles. The van der Waals surface area contributed by atoms with Gasteiger partial charge in [-0.05, 0) is 68.7 Å². The third-order valence-corrected chi connectivity index (χ3v) is 10.3. The number of aliphatic hydroxyl groups is 1. The predicted octanol–water partition coefficient (Wildman–Crippen LogP) is 4.68. The van der Waals surface area contributed by atoms with Gasteiger partial charge in [0.15, 0.2) is 5.82 Å². The monoisotopic (exact) mass is 619 g/mol. The van der Waals surface area contributed by atoms with Gasteiger partial charge in [-0.3, -0.25) is 15.0 Å². The first kappa shape index (κ1) is 29.0. The zero-order chi connectivity index (χ0) is 31.1. The minimum absolute atomic E-state index is 0.0237. The van der Waals surface area contributed by atoms with Gasteiger partial charge < -0.3 is 19.5 Å². The molecule has 238 valence electrons. The molecule has 3 aromatic heterocycles. The molecule has 0 spiro atoms. The molecular formula is C33H39F2N7O3. The van der Waals surface area contributed by atoms with Crippen molar-refractivity contribution in [1.82, 2.24) is 30.0 Å². The highest BCUT2D eigenvalue weighted by molar-refractivity contribution is 6.00. The summed E-state index contributed by atoms with van der Waals surface area (Å²) in [4.78, 5) is 18.2. The van der Waals surface area contributed by atoms with E-state index in [1.165, 1.54) is 0 Å². The molecule has 3 saturated heterocycles. The molecule has 4 fully saturated rings. The molecule has 0 amide bonds. The molecule has 0 radical (unpaired) electrons. The number of pyridine rings is 1. The Kier molecular flexibility index (Phi) is 6.78. The van der Waals surface area contributed by atoms with E-state index in [1.807, 2.05) is 4.90 Å². The number of halogens is 2. The van der Waals surface area contributed by atoms with Crippen LogP contribution in [0.4, 0.5) is 14.6 Å². The smallest absolute Gasteiger partial charge is 0.319 e. The number of ether oxygens (including phenoxy) is 2. The van der Waals surface area contributed by atoms with E-state index in [1.54, 1.807) is 19.3 Å². The van der Waals surface area contributed by atoms with Crippen LogP contribution in [0.2, 0.25) is 0 Å². The number of hydrogen-bond donors (Lipinski definition) is 2. The first-order valence-electron chi connectivity index (χ1n) is 16.0. The first-order valence-corrected chi connectivity index (χ1v) is 16.0. The number of aryl methyl sites for hydroxylation is 1. The number of β-amino-alcohol motifs (C(OH)–C–C–N with tert-alkyl or cyclic N) is 1. The number of anilines is 1. The van der Waals surface area contributed by atoms with Crippen molar-refractivity contribution < 1.29 is 23.4 Å². The van der Waals surface area contributed by atoms with Crippen LogP contribution < -0.4 is 9.64 Å². The summed E-state index contributed by atoms with van der Waals surface area (Å²) in [5.41, 5.74) is 2.47. The molecule has 0 bridgehead atoms. The summed E-state index contributed by atoms with van der Waals surface area (Å²) in [5.74, 6) is 0.668. The van der Waals surface area contributed by atoms with Crippen molar-refractivity contribution in [2.45, 2.75) is 69.7 Å². The largest absolute Gasteiger partial charge is 0.461 e. The van der Waals surface area contributed by atoms with E-state index in [4.69, 9.17) is 19.4 Å². The highest BCUT2D eigenvalue weighted by atomic mass is 19.1. The minimum atomic E-state index is -1.14. The lowest BCUT2D eigenvalue weighted by molar-refractivity contribution is -0.0123. The second kappa shape index (κ2) is 10.5. The van der Waals surface area contributed by atoms with E-state index in [2.05, 4.69) is 40.0 Å². The van der Waals surface area contributed by atoms with Crippen LogP contribution in [0.5, 0.6) is 6.01 Å². The third-order valence-electron chi connectivity index (χ3n) is 10.3. The second-order valence-electron chi connectivity index (χ2n) is 14.0. The average molecular weight is 620 g/mol. The number of hydrogen-bond acceptors (Lipinski definition) is 9. The Labute approximate surface area is 260 Å². The van der Waals surface area contributed by atoms with Gasteiger partial charge in [0.05, 0.1) is 42.4 Å². The highest BCUT2D eigenvalue weighted by Crippen LogP contribution is 2.53. The Balaban J connectivity index is 1.28. The van der Waals surface area contributed by atoms with Crippen LogP contribution in [0.25, 0.3) is 33.1 Å². The summed E-state index contributed by atoms with van der Waals surface area (Å²) in [5, 5.41) is 19.5. The van der Waals surface area contributed by atoms with Crippen LogP contribution in [0.3, 0.4) is 0 Å². The molecule has 4 aliphatic rings. The van der Waals surface area contributed by atoms with Crippen molar-refractivity contribution in [3.63, 3.8) is 0 Å². The van der Waals surface area contributed by atoms with Crippen molar-refractivity contribution >= 4 is 27.6 Å². The molecule has 1 aliphatic carbocycles. The summed E-state index contributed by atoms with van der Waals surface area (Å²) in [6.07, 6.45) is 5.71. The fourth-order valence-corrected chi connectivity index (χ4v) is 8.03. The molecule has 6 heterocycles. The van der Waals surface area contributed by atoms with E-state index in [0.29, 0.717) is 49.2 Å². The van der Waals surface area contributed by atoms with Gasteiger partial charge in [0.2, 0.25) is 0 Å². The van der Waals surface area contributed by atoms with Crippen LogP contribution >= 0.6 is 0 Å². The molecule has 1 aromatic carbocycles. The van der Waals surface area contributed by atoms with Gasteiger partial charge in [-0.1, -0.05) is 6.92 Å². The Morgan fingerprint density at radius 2 is 2.07 bits per heavy atom. The number of nitrogens with zero attached hydrogens (tertiary/aromatic N) is 6. The highest BCUT2D eigenvalue weighted by Gasteiger charge is 2.49. The number of nitrogens with one attached hydrogen (secondary N) is 1. The summed E-state index contributed by atoms with van der Waals surface area (Å²) in [7, 11) is 0. The molecule has 12 heteroatoms. The zero-order valence-corrected chi connectivity index (χ0v) is 25.9. The molecular weight excluding hydrogens is 580 g/mol. The van der Waals surface area contributed by atoms with Crippen LogP contribution in [-0.2, 0) is 4.74 Å². The molecule has 3 aliphatic heterocycles. The van der Waals surface area contributed by atoms with Crippen LogP contribution in [0.1, 0.15) is 56.6 Å². The summed E-state index contributed by atoms with van der Waals surface area (Å²) >= 11 is 0. The van der Waals surface area contributed by atoms with Crippen molar-refractivity contribution in [1.29, 1.82) is 0 Å². The third kappa shape index (κ3) is 4.92. The number of rotatable bonds is 6. The van der Waals surface area contributed by atoms with Crippen molar-refractivity contribution in [2.75, 3.05) is 50.9 Å². The standard InChI is InChI=1S/C33H39F2N7O3/c1-18-9-21(18)25-19(2)10-24-22(13-37-40-24)26(25)29-27(35)28-23(12-36-29)30(41-7-8-44-16-32(3,43)15-41)39-31(38-28)45-17-33-5-4-6-42(33)14-20(34)11-33/h10,12-13,18,20-21,43H,4-9,11,14-17H2,1-3H3,(H,37,40)/t18-,20-,21+,32+,33+/m1/s1. The van der Waals surface area contributed by atoms with Crippen molar-refractivity contribution in [2.24, 2.45) is 5.92 Å². The zero-order valence-electron chi connectivity index (χ0n) is 25.9. The lowest BCUT2D eigenvalue weighted by atomic mass is 9.91. The van der Waals surface area contributed by atoms with Crippen molar-refractivity contribution in [3.8, 4) is 17.3 Å². The van der Waals surface area contributed by atoms with Gasteiger partial charge in [-0.25, -0.2) is 8.78 Å². The number of fused-ring (bicyclic) bond motifs is 3. The Hall–Kier alpha value is -3.48. The number of aromatic nitrogens is 5. The average Bonchev–Trinajstić information content (AvgIpc) is 3.26. The van der Waals surface area contributed by atoms with Gasteiger partial charge >= 0.3 is 6.01 Å². The van der Waals surface area contributed by atoms with Gasteiger partial charge in [0.1, 0.15) is 35.4 Å². The molecule has 2 N–H and O–H groups in total. The lowest BCUT2D eigenvalue weighted by Gasteiger charge is -2.31. The lowest BCUT2D eigenvalue weighted by Crippen LogP contribution is -2.44. The molecule has 45 heavy (non-hydrogen) atoms. The van der Waals surface area contributed by atoms with E-state index in [-0.39, 0.29) is 37.0 Å². The Morgan fingerprint density at radius 1 is 1.22 bits per heavy atom. The SMILES string of the molecule is Cc1cc2[nH]ncc2c(-c2ncc3c(N4CCOC[C@@](C)(O)C4)nc(OC[C@@]45CCCN4C[C@H](F)C5)nc3c2F)c1[C@H]1C[C@H]1C. The number of benzene rings is 1. The number of alkyl halides is 1. The molecule has 4 aromatic rings. The normalized spacial score (nSPS) is 30.3. The molecule has 0 unspecified atom stereocenters. The first-order chi connectivity index (χ1) is 21.6. The fourth-order valence-electron chi connectivity index (χ4n) is 8.03. The van der Waals surface area contributed by atoms with E-state index >= 15 is 4.39 Å². The van der Waals surface area contributed by atoms with Crippen molar-refractivity contribution in [3.05, 3.63) is 35.4 Å². The van der Waals surface area contributed by atoms with Crippen LogP contribution in [-0.4, -0.2) is 98.5 Å². The van der Waals surface area contributed by atoms with Gasteiger partial charge in [-0.2, -0.15) is 15.1 Å². The Morgan fingerprint density at radius 3 is 2.89 bits per heavy atom. The topological polar surface area (TPSA) is 113 Å². The van der Waals surface area contributed by atoms with Gasteiger partial charge in [-0.15, -0.1) is 0 Å². The fraction of sp³-hybridized carbons (Fsp3) is 0.576. The van der Waals surface area contributed by atoms with Crippen LogP contribution in [0, 0.1) is 18.7 Å². The number of H-pyrrole nitrogens is 1. The van der Waals surface area contributed by atoms with Gasteiger partial charge in [0.25, 0.3) is 0 Å². The van der Waals surface area contributed by atoms with E-state index in [9.17, 15) is 9.50 Å². The van der Waals surface area contributed by atoms with Crippen LogP contribution in [0.15, 0.2) is 18.5 Å². The Bertz CT molecular complexity index is 1800. The molecule has 8 rings (SSSR count). The quantitative estimate of drug-likeness (QED) is 0.318. The van der Waals surface area contributed by atoms with E-state index < -0.39 is 23.1 Å². The molecule has 5 atom stereocenters. The maximum Gasteiger partial charge on any atom is 0.319 e. The maximum atomic E-state index is 17.1. The summed E-state index contributed by atoms with van der Waals surface area (Å²) in [6, 6.07) is 2.09. The minimum Gasteiger partial charge on any atom is -0.461 e. The summed E-state index contributed by atoms with van der Waals surface area (Å²) < 4.78 is 43.5. The second-order valence-corrected chi connectivity index (χ2v) is 14.0. The maximum absolute atomic E-state index is 17.1. The van der Waals surface area contributed by atoms with Gasteiger partial charge in [0, 0.05) is 36.7 Å². The predicted molar refractivity (Wildman–Crippen MR) is 166 cm³/mol. The number of aromatic amines is 1. The molecule has 10 nitrogen and oxygen atoms in total. The van der Waals surface area contributed by atoms with E-state index in [0.717, 1.165) is 53.4 Å². The summed E-state index contributed by atoms with van der Waals surface area (Å²) in [6.45, 7) is 8.62.